The zero-order valence-corrected chi connectivity index (χ0v) is 7.82. The van der Waals surface area contributed by atoms with E-state index in [1.54, 1.807) is 11.8 Å². The van der Waals surface area contributed by atoms with Crippen molar-refractivity contribution < 1.29 is 0 Å². The molecule has 1 aliphatic carbocycles. The van der Waals surface area contributed by atoms with E-state index < -0.39 is 0 Å². The van der Waals surface area contributed by atoms with Crippen LogP contribution in [0, 0.1) is 11.3 Å². The topological polar surface area (TPSA) is 23.8 Å². The molecule has 0 radical (unpaired) electrons. The number of hydrogen-bond acceptors (Lipinski definition) is 2. The first-order valence-electron chi connectivity index (χ1n) is 3.93. The predicted octanol–water partition coefficient (Wildman–Crippen LogP) is 2.74. The van der Waals surface area contributed by atoms with E-state index in [2.05, 4.69) is 32.1 Å². The second-order valence-corrected chi connectivity index (χ2v) is 5.11. The molecule has 0 amide bonds. The van der Waals surface area contributed by atoms with E-state index in [9.17, 15) is 0 Å². The largest absolute Gasteiger partial charge is 0.197 e. The molecule has 1 rings (SSSR count). The Kier molecular flexibility index (Phi) is 2.62. The van der Waals surface area contributed by atoms with E-state index in [4.69, 9.17) is 5.26 Å². The molecular weight excluding hydrogens is 154 g/mol. The van der Waals surface area contributed by atoms with Gasteiger partial charge in [-0.2, -0.15) is 5.26 Å². The lowest BCUT2D eigenvalue weighted by atomic mass is 10.1. The summed E-state index contributed by atoms with van der Waals surface area (Å²) in [6, 6.07) is 2.41. The Hall–Kier alpha value is -0.420. The van der Waals surface area contributed by atoms with Crippen LogP contribution in [0.5, 0.6) is 0 Å². The molecule has 0 heterocycles. The average Bonchev–Trinajstić information content (AvgIpc) is 2.36. The number of allylic oxidation sites excluding steroid dienone is 2. The maximum absolute atomic E-state index is 8.95. The standard InChI is InChI=1S/C9H13NS/c1-8(2)11-9(7-10)5-3-4-6-9/h3-4,8H,5-6H2,1-2H3. The predicted molar refractivity (Wildman–Crippen MR) is 49.4 cm³/mol. The van der Waals surface area contributed by atoms with Gasteiger partial charge < -0.3 is 0 Å². The number of thioether (sulfide) groups is 1. The lowest BCUT2D eigenvalue weighted by Gasteiger charge is -2.21. The number of rotatable bonds is 2. The molecule has 0 aromatic heterocycles. The maximum Gasteiger partial charge on any atom is 0.109 e. The zero-order chi connectivity index (χ0) is 8.32. The molecule has 1 nitrogen and oxygen atoms in total. The molecule has 0 aromatic carbocycles. The van der Waals surface area contributed by atoms with Gasteiger partial charge in [0, 0.05) is 5.25 Å². The van der Waals surface area contributed by atoms with Gasteiger partial charge in [0.1, 0.15) is 4.75 Å². The maximum atomic E-state index is 8.95. The molecule has 0 atom stereocenters. The van der Waals surface area contributed by atoms with Gasteiger partial charge in [-0.3, -0.25) is 0 Å². The van der Waals surface area contributed by atoms with Gasteiger partial charge in [0.15, 0.2) is 0 Å². The Morgan fingerprint density at radius 2 is 2.00 bits per heavy atom. The van der Waals surface area contributed by atoms with Crippen LogP contribution in [0.3, 0.4) is 0 Å². The smallest absolute Gasteiger partial charge is 0.109 e. The highest BCUT2D eigenvalue weighted by Crippen LogP contribution is 2.39. The molecular formula is C9H13NS. The van der Waals surface area contributed by atoms with E-state index in [0.717, 1.165) is 12.8 Å². The summed E-state index contributed by atoms with van der Waals surface area (Å²) < 4.78 is -0.131. The first kappa shape index (κ1) is 8.67. The minimum absolute atomic E-state index is 0.131. The summed E-state index contributed by atoms with van der Waals surface area (Å²) in [6.45, 7) is 4.28. The van der Waals surface area contributed by atoms with Gasteiger partial charge in [-0.1, -0.05) is 26.0 Å². The van der Waals surface area contributed by atoms with Crippen LogP contribution in [-0.2, 0) is 0 Å². The second-order valence-electron chi connectivity index (χ2n) is 3.15. The third-order valence-electron chi connectivity index (χ3n) is 1.73. The van der Waals surface area contributed by atoms with Crippen molar-refractivity contribution in [2.75, 3.05) is 0 Å². The molecule has 0 fully saturated rings. The third-order valence-corrected chi connectivity index (χ3v) is 3.07. The highest BCUT2D eigenvalue weighted by atomic mass is 32.2. The van der Waals surface area contributed by atoms with Crippen molar-refractivity contribution in [3.05, 3.63) is 12.2 Å². The Morgan fingerprint density at radius 3 is 2.36 bits per heavy atom. The molecule has 1 aliphatic rings. The van der Waals surface area contributed by atoms with Crippen molar-refractivity contribution in [1.29, 1.82) is 5.26 Å². The molecule has 11 heavy (non-hydrogen) atoms. The van der Waals surface area contributed by atoms with E-state index in [1.165, 1.54) is 0 Å². The molecule has 0 saturated heterocycles. The molecule has 0 saturated carbocycles. The summed E-state index contributed by atoms with van der Waals surface area (Å²) >= 11 is 1.79. The molecule has 0 aromatic rings. The highest BCUT2D eigenvalue weighted by Gasteiger charge is 2.32. The van der Waals surface area contributed by atoms with Gasteiger partial charge >= 0.3 is 0 Å². The van der Waals surface area contributed by atoms with Crippen LogP contribution in [0.2, 0.25) is 0 Å². The first-order chi connectivity index (χ1) is 5.18. The fraction of sp³-hybridized carbons (Fsp3) is 0.667. The van der Waals surface area contributed by atoms with Crippen LogP contribution in [0.15, 0.2) is 12.2 Å². The fourth-order valence-electron chi connectivity index (χ4n) is 1.30. The Labute approximate surface area is 72.5 Å². The van der Waals surface area contributed by atoms with Crippen LogP contribution in [-0.4, -0.2) is 10.00 Å². The molecule has 0 bridgehead atoms. The minimum atomic E-state index is -0.131. The quantitative estimate of drug-likeness (QED) is 0.590. The van der Waals surface area contributed by atoms with E-state index in [0.29, 0.717) is 5.25 Å². The van der Waals surface area contributed by atoms with Crippen LogP contribution in [0.25, 0.3) is 0 Å². The normalized spacial score (nSPS) is 20.5. The molecule has 0 spiro atoms. The van der Waals surface area contributed by atoms with Crippen LogP contribution >= 0.6 is 11.8 Å². The number of nitrogens with zero attached hydrogens (tertiary/aromatic N) is 1. The van der Waals surface area contributed by atoms with Gasteiger partial charge in [-0.05, 0) is 12.8 Å². The lowest BCUT2D eigenvalue weighted by Crippen LogP contribution is -2.19. The lowest BCUT2D eigenvalue weighted by molar-refractivity contribution is 0.786. The minimum Gasteiger partial charge on any atom is -0.197 e. The highest BCUT2D eigenvalue weighted by molar-refractivity contribution is 8.01. The van der Waals surface area contributed by atoms with Crippen LogP contribution in [0.1, 0.15) is 26.7 Å². The van der Waals surface area contributed by atoms with E-state index in [1.807, 2.05) is 0 Å². The summed E-state index contributed by atoms with van der Waals surface area (Å²) in [5.74, 6) is 0. The van der Waals surface area contributed by atoms with Gasteiger partial charge in [0.25, 0.3) is 0 Å². The molecule has 60 valence electrons. The Bertz CT molecular complexity index is 192. The second kappa shape index (κ2) is 3.32. The summed E-state index contributed by atoms with van der Waals surface area (Å²) in [4.78, 5) is 0. The van der Waals surface area contributed by atoms with Gasteiger partial charge in [0.2, 0.25) is 0 Å². The van der Waals surface area contributed by atoms with Crippen molar-refractivity contribution in [2.24, 2.45) is 0 Å². The van der Waals surface area contributed by atoms with E-state index >= 15 is 0 Å². The summed E-state index contributed by atoms with van der Waals surface area (Å²) in [7, 11) is 0. The Balaban J connectivity index is 2.57. The van der Waals surface area contributed by atoms with Gasteiger partial charge in [-0.15, -0.1) is 11.8 Å². The first-order valence-corrected chi connectivity index (χ1v) is 4.80. The Morgan fingerprint density at radius 1 is 1.45 bits per heavy atom. The summed E-state index contributed by atoms with van der Waals surface area (Å²) in [5, 5.41) is 9.51. The monoisotopic (exact) mass is 167 g/mol. The zero-order valence-electron chi connectivity index (χ0n) is 7.00. The van der Waals surface area contributed by atoms with Gasteiger partial charge in [-0.25, -0.2) is 0 Å². The summed E-state index contributed by atoms with van der Waals surface area (Å²) in [6.07, 6.45) is 6.07. The fourth-order valence-corrected chi connectivity index (χ4v) is 2.64. The third kappa shape index (κ3) is 2.00. The van der Waals surface area contributed by atoms with Crippen molar-refractivity contribution in [3.63, 3.8) is 0 Å². The van der Waals surface area contributed by atoms with Crippen molar-refractivity contribution in [3.8, 4) is 6.07 Å². The molecule has 0 N–H and O–H groups in total. The molecule has 2 heteroatoms. The van der Waals surface area contributed by atoms with E-state index in [-0.39, 0.29) is 4.75 Å². The molecule has 0 aliphatic heterocycles. The van der Waals surface area contributed by atoms with Gasteiger partial charge in [0.05, 0.1) is 6.07 Å². The SMILES string of the molecule is CC(C)SC1(C#N)CC=CC1. The average molecular weight is 167 g/mol. The number of nitriles is 1. The molecule has 0 unspecified atom stereocenters. The van der Waals surface area contributed by atoms with Crippen LogP contribution < -0.4 is 0 Å². The summed E-state index contributed by atoms with van der Waals surface area (Å²) in [5.41, 5.74) is 0. The number of hydrogen-bond donors (Lipinski definition) is 0. The van der Waals surface area contributed by atoms with Crippen LogP contribution in [0.4, 0.5) is 0 Å². The van der Waals surface area contributed by atoms with Crippen molar-refractivity contribution >= 4 is 11.8 Å². The van der Waals surface area contributed by atoms with Crippen molar-refractivity contribution in [1.82, 2.24) is 0 Å². The van der Waals surface area contributed by atoms with Crippen molar-refractivity contribution in [2.45, 2.75) is 36.7 Å².